The second kappa shape index (κ2) is 13.5. The number of aliphatic hydroxyl groups excluding tert-OH is 1. The summed E-state index contributed by atoms with van der Waals surface area (Å²) in [6, 6.07) is 4.77. The number of rotatable bonds is 13. The Labute approximate surface area is 194 Å². The number of carboxylic acids is 1. The van der Waals surface area contributed by atoms with Crippen LogP contribution in [0.15, 0.2) is 30.3 Å². The van der Waals surface area contributed by atoms with Crippen LogP contribution in [0.1, 0.15) is 39.7 Å². The Kier molecular flexibility index (Phi) is 11.5. The predicted octanol–water partition coefficient (Wildman–Crippen LogP) is -0.210. The first-order chi connectivity index (χ1) is 15.5. The normalized spacial score (nSPS) is 15.6. The number of hydrogen-bond donors (Lipinski definition) is 6. The summed E-state index contributed by atoms with van der Waals surface area (Å²) in [5.74, 6) is -3.94. The van der Waals surface area contributed by atoms with Crippen LogP contribution in [0, 0.1) is 11.8 Å². The molecule has 0 aliphatic rings. The Morgan fingerprint density at radius 3 is 1.97 bits per heavy atom. The molecule has 0 aliphatic heterocycles. The highest BCUT2D eigenvalue weighted by molar-refractivity contribution is 5.94. The molecule has 0 spiro atoms. The van der Waals surface area contributed by atoms with Crippen molar-refractivity contribution in [3.05, 3.63) is 35.9 Å². The number of aliphatic carboxylic acids is 1. The van der Waals surface area contributed by atoms with E-state index in [2.05, 4.69) is 16.0 Å². The fraction of sp³-hybridized carbons (Fsp3) is 0.565. The summed E-state index contributed by atoms with van der Waals surface area (Å²) in [4.78, 5) is 49.4. The first kappa shape index (κ1) is 28.1. The molecule has 0 fully saturated rings. The fourth-order valence-corrected chi connectivity index (χ4v) is 3.15. The summed E-state index contributed by atoms with van der Waals surface area (Å²) in [5.41, 5.74) is 6.87. The molecule has 10 nitrogen and oxygen atoms in total. The molecular formula is C23H36N4O6. The Bertz CT molecular complexity index is 801. The highest BCUT2D eigenvalue weighted by Gasteiger charge is 2.32. The van der Waals surface area contributed by atoms with Gasteiger partial charge in [0, 0.05) is 0 Å². The summed E-state index contributed by atoms with van der Waals surface area (Å²) in [7, 11) is 0. The molecule has 184 valence electrons. The molecule has 1 rings (SSSR count). The van der Waals surface area contributed by atoms with E-state index in [-0.39, 0.29) is 18.3 Å². The molecule has 33 heavy (non-hydrogen) atoms. The maximum atomic E-state index is 12.8. The summed E-state index contributed by atoms with van der Waals surface area (Å²) in [5, 5.41) is 26.3. The highest BCUT2D eigenvalue weighted by Crippen LogP contribution is 2.09. The van der Waals surface area contributed by atoms with E-state index in [0.717, 1.165) is 5.56 Å². The number of carbonyl (C=O) groups is 4. The van der Waals surface area contributed by atoms with Crippen molar-refractivity contribution in [3.63, 3.8) is 0 Å². The number of amides is 3. The Hall–Kier alpha value is -2.98. The molecule has 7 N–H and O–H groups in total. The van der Waals surface area contributed by atoms with E-state index in [1.165, 1.54) is 0 Å². The van der Waals surface area contributed by atoms with Gasteiger partial charge in [0.15, 0.2) is 0 Å². The number of carbonyl (C=O) groups excluding carboxylic acids is 3. The van der Waals surface area contributed by atoms with Gasteiger partial charge in [-0.1, -0.05) is 64.4 Å². The van der Waals surface area contributed by atoms with Crippen LogP contribution in [0.3, 0.4) is 0 Å². The predicted molar refractivity (Wildman–Crippen MR) is 123 cm³/mol. The van der Waals surface area contributed by atoms with Gasteiger partial charge in [-0.25, -0.2) is 4.79 Å². The molecule has 3 amide bonds. The van der Waals surface area contributed by atoms with Gasteiger partial charge in [-0.2, -0.15) is 0 Å². The van der Waals surface area contributed by atoms with E-state index >= 15 is 0 Å². The van der Waals surface area contributed by atoms with Crippen LogP contribution in [0.2, 0.25) is 0 Å². The molecule has 0 radical (unpaired) electrons. The summed E-state index contributed by atoms with van der Waals surface area (Å²) in [6.45, 7) is 6.15. The third-order valence-electron chi connectivity index (χ3n) is 5.47. The van der Waals surface area contributed by atoms with Crippen LogP contribution in [0.25, 0.3) is 0 Å². The van der Waals surface area contributed by atoms with Gasteiger partial charge in [0.05, 0.1) is 12.6 Å². The number of aliphatic hydroxyl groups is 1. The van der Waals surface area contributed by atoms with Crippen LogP contribution >= 0.6 is 0 Å². The minimum Gasteiger partial charge on any atom is -0.480 e. The van der Waals surface area contributed by atoms with Gasteiger partial charge in [0.2, 0.25) is 17.7 Å². The van der Waals surface area contributed by atoms with Gasteiger partial charge in [0.25, 0.3) is 0 Å². The molecule has 0 heterocycles. The van der Waals surface area contributed by atoms with E-state index < -0.39 is 54.5 Å². The van der Waals surface area contributed by atoms with Crippen molar-refractivity contribution in [2.75, 3.05) is 6.61 Å². The second-order valence-corrected chi connectivity index (χ2v) is 8.48. The lowest BCUT2D eigenvalue weighted by atomic mass is 9.98. The topological polar surface area (TPSA) is 171 Å². The Morgan fingerprint density at radius 1 is 0.909 bits per heavy atom. The van der Waals surface area contributed by atoms with E-state index in [1.54, 1.807) is 27.7 Å². The third-order valence-corrected chi connectivity index (χ3v) is 5.47. The maximum Gasteiger partial charge on any atom is 0.326 e. The molecule has 0 aromatic heterocycles. The quantitative estimate of drug-likeness (QED) is 0.234. The zero-order valence-corrected chi connectivity index (χ0v) is 19.6. The maximum absolute atomic E-state index is 12.8. The smallest absolute Gasteiger partial charge is 0.326 e. The van der Waals surface area contributed by atoms with Crippen LogP contribution in [0.5, 0.6) is 0 Å². The molecule has 0 aliphatic carbocycles. The molecule has 1 aromatic carbocycles. The second-order valence-electron chi connectivity index (χ2n) is 8.48. The average Bonchev–Trinajstić information content (AvgIpc) is 2.78. The fourth-order valence-electron chi connectivity index (χ4n) is 3.15. The Balaban J connectivity index is 2.81. The molecule has 5 unspecified atom stereocenters. The standard InChI is InChI=1S/C23H36N4O6/c1-5-14(4)19(23(32)33)27-21(30)17(12-28)25-22(31)18(13(2)3)26-20(29)16(24)11-15-9-7-6-8-10-15/h6-10,13-14,16-19,28H,5,11-12,24H2,1-4H3,(H,25,31)(H,26,29)(H,27,30)(H,32,33). The number of benzene rings is 1. The van der Waals surface area contributed by atoms with Gasteiger partial charge < -0.3 is 31.9 Å². The van der Waals surface area contributed by atoms with Crippen molar-refractivity contribution in [3.8, 4) is 0 Å². The minimum atomic E-state index is -1.38. The first-order valence-electron chi connectivity index (χ1n) is 11.1. The molecule has 10 heteroatoms. The number of hydrogen-bond acceptors (Lipinski definition) is 6. The van der Waals surface area contributed by atoms with E-state index in [0.29, 0.717) is 6.42 Å². The minimum absolute atomic E-state index is 0.285. The molecular weight excluding hydrogens is 428 g/mol. The van der Waals surface area contributed by atoms with Crippen molar-refractivity contribution >= 4 is 23.7 Å². The van der Waals surface area contributed by atoms with Crippen LogP contribution < -0.4 is 21.7 Å². The van der Waals surface area contributed by atoms with Crippen LogP contribution in [0.4, 0.5) is 0 Å². The van der Waals surface area contributed by atoms with E-state index in [9.17, 15) is 29.4 Å². The van der Waals surface area contributed by atoms with Gasteiger partial charge >= 0.3 is 5.97 Å². The van der Waals surface area contributed by atoms with Crippen molar-refractivity contribution in [2.45, 2.75) is 64.7 Å². The van der Waals surface area contributed by atoms with Crippen molar-refractivity contribution < 1.29 is 29.4 Å². The zero-order valence-electron chi connectivity index (χ0n) is 19.6. The van der Waals surface area contributed by atoms with E-state index in [4.69, 9.17) is 5.73 Å². The van der Waals surface area contributed by atoms with Crippen LogP contribution in [-0.2, 0) is 25.6 Å². The summed E-state index contributed by atoms with van der Waals surface area (Å²) >= 11 is 0. The average molecular weight is 465 g/mol. The number of nitrogens with one attached hydrogen (secondary N) is 3. The summed E-state index contributed by atoms with van der Waals surface area (Å²) < 4.78 is 0. The first-order valence-corrected chi connectivity index (χ1v) is 11.1. The lowest BCUT2D eigenvalue weighted by Gasteiger charge is -2.27. The van der Waals surface area contributed by atoms with Crippen molar-refractivity contribution in [2.24, 2.45) is 17.6 Å². The number of nitrogens with two attached hydrogens (primary N) is 1. The Morgan fingerprint density at radius 2 is 1.48 bits per heavy atom. The SMILES string of the molecule is CCC(C)C(NC(=O)C(CO)NC(=O)C(NC(=O)C(N)Cc1ccccc1)C(C)C)C(=O)O. The molecule has 0 bridgehead atoms. The molecule has 0 saturated heterocycles. The van der Waals surface area contributed by atoms with Gasteiger partial charge in [-0.3, -0.25) is 14.4 Å². The van der Waals surface area contributed by atoms with Gasteiger partial charge in [-0.05, 0) is 23.8 Å². The van der Waals surface area contributed by atoms with Gasteiger partial charge in [0.1, 0.15) is 18.1 Å². The largest absolute Gasteiger partial charge is 0.480 e. The summed E-state index contributed by atoms with van der Waals surface area (Å²) in [6.07, 6.45) is 0.797. The highest BCUT2D eigenvalue weighted by atomic mass is 16.4. The lowest BCUT2D eigenvalue weighted by molar-refractivity contribution is -0.144. The van der Waals surface area contributed by atoms with Gasteiger partial charge in [-0.15, -0.1) is 0 Å². The van der Waals surface area contributed by atoms with Crippen molar-refractivity contribution in [1.29, 1.82) is 0 Å². The van der Waals surface area contributed by atoms with Crippen molar-refractivity contribution in [1.82, 2.24) is 16.0 Å². The molecule has 1 aromatic rings. The third kappa shape index (κ3) is 8.82. The lowest BCUT2D eigenvalue weighted by Crippen LogP contribution is -2.59. The molecule has 5 atom stereocenters. The van der Waals surface area contributed by atoms with E-state index in [1.807, 2.05) is 30.3 Å². The number of carboxylic acid groups (broad SMARTS) is 1. The van der Waals surface area contributed by atoms with Crippen LogP contribution in [-0.4, -0.2) is 64.7 Å². The molecule has 0 saturated carbocycles. The zero-order chi connectivity index (χ0) is 25.1. The monoisotopic (exact) mass is 464 g/mol.